The fourth-order valence-corrected chi connectivity index (χ4v) is 2.75. The van der Waals surface area contributed by atoms with E-state index >= 15 is 0 Å². The lowest BCUT2D eigenvalue weighted by atomic mass is 10.0. The summed E-state index contributed by atoms with van der Waals surface area (Å²) in [6, 6.07) is 14.2. The quantitative estimate of drug-likeness (QED) is 0.759. The van der Waals surface area contributed by atoms with Crippen LogP contribution in [0.2, 0.25) is 0 Å². The summed E-state index contributed by atoms with van der Waals surface area (Å²) in [5.74, 6) is -0.600. The van der Waals surface area contributed by atoms with Crippen LogP contribution in [0.15, 0.2) is 53.3 Å². The number of aromatic carboxylic acids is 1. The van der Waals surface area contributed by atoms with Gasteiger partial charge in [-0.3, -0.25) is 9.89 Å². The molecule has 1 heterocycles. The number of H-pyrrole nitrogens is 1. The number of nitrogens with one attached hydrogen (secondary N) is 1. The van der Waals surface area contributed by atoms with Crippen LogP contribution in [-0.2, 0) is 0 Å². The van der Waals surface area contributed by atoms with Crippen molar-refractivity contribution in [3.05, 3.63) is 86.1 Å². The molecule has 0 fully saturated rings. The summed E-state index contributed by atoms with van der Waals surface area (Å²) in [7, 11) is 0. The molecule has 0 atom stereocenters. The summed E-state index contributed by atoms with van der Waals surface area (Å²) in [6.45, 7) is 8.16. The Bertz CT molecular complexity index is 1120. The number of nitrogens with zero attached hydrogens (tertiary/aromatic N) is 1. The Balaban J connectivity index is 2.09. The molecule has 0 amide bonds. The molecule has 0 aliphatic rings. The molecule has 0 saturated heterocycles. The number of benzene rings is 2. The topological polar surface area (TPSA) is 75.1 Å². The minimum Gasteiger partial charge on any atom is -0.478 e. The van der Waals surface area contributed by atoms with Crippen LogP contribution in [0, 0.1) is 0 Å². The second kappa shape index (κ2) is 6.88. The van der Waals surface area contributed by atoms with E-state index in [1.165, 1.54) is 22.4 Å². The molecule has 2 aromatic carbocycles. The third-order valence-corrected chi connectivity index (χ3v) is 4.27. The molecule has 26 heavy (non-hydrogen) atoms. The maximum absolute atomic E-state index is 12.8. The average molecular weight is 348 g/mol. The molecule has 5 nitrogen and oxygen atoms in total. The molecule has 132 valence electrons. The molecule has 0 spiro atoms. The average Bonchev–Trinajstić information content (AvgIpc) is 2.90. The van der Waals surface area contributed by atoms with Gasteiger partial charge in [0.1, 0.15) is 0 Å². The Morgan fingerprint density at radius 3 is 2.50 bits per heavy atom. The van der Waals surface area contributed by atoms with Gasteiger partial charge in [-0.1, -0.05) is 50.8 Å². The van der Waals surface area contributed by atoms with Crippen LogP contribution in [0.1, 0.15) is 41.3 Å². The Labute approximate surface area is 150 Å². The molecule has 2 N–H and O–H groups in total. The van der Waals surface area contributed by atoms with Gasteiger partial charge < -0.3 is 5.11 Å². The van der Waals surface area contributed by atoms with Gasteiger partial charge in [0.25, 0.3) is 5.56 Å². The molecular weight excluding hydrogens is 328 g/mol. The van der Waals surface area contributed by atoms with Gasteiger partial charge in [0, 0.05) is 0 Å². The maximum atomic E-state index is 12.8. The molecule has 0 radical (unpaired) electrons. The second-order valence-corrected chi connectivity index (χ2v) is 6.47. The van der Waals surface area contributed by atoms with Crippen molar-refractivity contribution >= 4 is 18.6 Å². The Morgan fingerprint density at radius 2 is 1.88 bits per heavy atom. The van der Waals surface area contributed by atoms with E-state index in [0.29, 0.717) is 22.2 Å². The number of rotatable bonds is 4. The monoisotopic (exact) mass is 348 g/mol. The van der Waals surface area contributed by atoms with E-state index in [0.717, 1.165) is 5.56 Å². The first-order valence-electron chi connectivity index (χ1n) is 8.32. The summed E-state index contributed by atoms with van der Waals surface area (Å²) in [5.41, 5.74) is 2.43. The van der Waals surface area contributed by atoms with Crippen molar-refractivity contribution in [2.75, 3.05) is 0 Å². The van der Waals surface area contributed by atoms with Gasteiger partial charge in [0.15, 0.2) is 0 Å². The smallest absolute Gasteiger partial charge is 0.335 e. The molecule has 5 heteroatoms. The molecule has 0 aliphatic heterocycles. The van der Waals surface area contributed by atoms with E-state index in [1.54, 1.807) is 18.2 Å². The second-order valence-electron chi connectivity index (χ2n) is 6.47. The van der Waals surface area contributed by atoms with Crippen molar-refractivity contribution in [1.82, 2.24) is 9.78 Å². The van der Waals surface area contributed by atoms with Crippen molar-refractivity contribution in [3.8, 4) is 5.69 Å². The van der Waals surface area contributed by atoms with E-state index in [4.69, 9.17) is 5.11 Å². The van der Waals surface area contributed by atoms with Gasteiger partial charge in [-0.05, 0) is 41.3 Å². The zero-order valence-electron chi connectivity index (χ0n) is 14.7. The normalized spacial score (nSPS) is 11.9. The van der Waals surface area contributed by atoms with Gasteiger partial charge in [0.2, 0.25) is 0 Å². The number of hydrogen-bond acceptors (Lipinski definition) is 2. The van der Waals surface area contributed by atoms with Crippen LogP contribution in [0.25, 0.3) is 18.3 Å². The minimum absolute atomic E-state index is 0.115. The zero-order valence-corrected chi connectivity index (χ0v) is 14.7. The first kappa shape index (κ1) is 17.5. The molecule has 1 aromatic heterocycles. The lowest BCUT2D eigenvalue weighted by Gasteiger charge is -2.04. The highest BCUT2D eigenvalue weighted by Gasteiger charge is 2.08. The highest BCUT2D eigenvalue weighted by atomic mass is 16.4. The van der Waals surface area contributed by atoms with Gasteiger partial charge in [-0.2, -0.15) is 0 Å². The number of aromatic amines is 1. The van der Waals surface area contributed by atoms with Crippen LogP contribution in [0.3, 0.4) is 0 Å². The standard InChI is InChI=1S/C21H20N2O3/c1-13(2)16-9-7-15(8-10-16)11-19-14(3)22-23(20(19)24)18-6-4-5-17(12-18)21(25)26/h4-13,22H,3H2,1-2H3,(H,25,26)/b19-11-. The van der Waals surface area contributed by atoms with Crippen LogP contribution in [-0.4, -0.2) is 20.9 Å². The third-order valence-electron chi connectivity index (χ3n) is 4.27. The maximum Gasteiger partial charge on any atom is 0.335 e. The predicted octanol–water partition coefficient (Wildman–Crippen LogP) is 2.23. The van der Waals surface area contributed by atoms with E-state index in [9.17, 15) is 9.59 Å². The SMILES string of the molecule is C=c1[nH]n(-c2cccc(C(=O)O)c2)c(=O)/c1=C\c1ccc(C(C)C)cc1. The molecular formula is C21H20N2O3. The van der Waals surface area contributed by atoms with Gasteiger partial charge >= 0.3 is 5.97 Å². The summed E-state index contributed by atoms with van der Waals surface area (Å²) < 4.78 is 1.31. The summed E-state index contributed by atoms with van der Waals surface area (Å²) in [5, 5.41) is 13.0. The van der Waals surface area contributed by atoms with Crippen molar-refractivity contribution in [3.63, 3.8) is 0 Å². The van der Waals surface area contributed by atoms with Crippen molar-refractivity contribution in [2.24, 2.45) is 0 Å². The number of hydrogen-bond donors (Lipinski definition) is 2. The zero-order chi connectivity index (χ0) is 18.8. The number of aromatic nitrogens is 2. The lowest BCUT2D eigenvalue weighted by Crippen LogP contribution is -2.34. The van der Waals surface area contributed by atoms with Crippen molar-refractivity contribution in [1.29, 1.82) is 0 Å². The fraction of sp³-hybridized carbons (Fsp3) is 0.143. The summed E-state index contributed by atoms with van der Waals surface area (Å²) in [4.78, 5) is 23.9. The highest BCUT2D eigenvalue weighted by Crippen LogP contribution is 2.14. The summed E-state index contributed by atoms with van der Waals surface area (Å²) >= 11 is 0. The molecule has 0 unspecified atom stereocenters. The van der Waals surface area contributed by atoms with Gasteiger partial charge in [-0.15, -0.1) is 0 Å². The Hall–Kier alpha value is -3.34. The predicted molar refractivity (Wildman–Crippen MR) is 102 cm³/mol. The first-order chi connectivity index (χ1) is 12.4. The van der Waals surface area contributed by atoms with Crippen LogP contribution >= 0.6 is 0 Å². The van der Waals surface area contributed by atoms with E-state index in [-0.39, 0.29) is 11.1 Å². The summed E-state index contributed by atoms with van der Waals surface area (Å²) in [6.07, 6.45) is 1.78. The molecule has 3 rings (SSSR count). The fourth-order valence-electron chi connectivity index (χ4n) is 2.75. The Morgan fingerprint density at radius 1 is 1.19 bits per heavy atom. The van der Waals surface area contributed by atoms with Crippen LogP contribution < -0.4 is 16.1 Å². The van der Waals surface area contributed by atoms with Gasteiger partial charge in [-0.25, -0.2) is 9.48 Å². The van der Waals surface area contributed by atoms with E-state index in [1.807, 2.05) is 24.3 Å². The largest absolute Gasteiger partial charge is 0.478 e. The van der Waals surface area contributed by atoms with Crippen molar-refractivity contribution < 1.29 is 9.90 Å². The van der Waals surface area contributed by atoms with E-state index in [2.05, 4.69) is 25.5 Å². The third kappa shape index (κ3) is 3.37. The molecule has 0 bridgehead atoms. The minimum atomic E-state index is -1.04. The molecule has 0 aliphatic carbocycles. The van der Waals surface area contributed by atoms with Crippen LogP contribution in [0.5, 0.6) is 0 Å². The Kier molecular flexibility index (Phi) is 4.63. The lowest BCUT2D eigenvalue weighted by molar-refractivity contribution is 0.0697. The van der Waals surface area contributed by atoms with Crippen LogP contribution in [0.4, 0.5) is 0 Å². The first-order valence-corrected chi connectivity index (χ1v) is 8.32. The van der Waals surface area contributed by atoms with E-state index < -0.39 is 5.97 Å². The number of carboxylic acids is 1. The van der Waals surface area contributed by atoms with Gasteiger partial charge in [0.05, 0.1) is 21.8 Å². The molecule has 3 aromatic rings. The number of carboxylic acid groups (broad SMARTS) is 1. The highest BCUT2D eigenvalue weighted by molar-refractivity contribution is 5.88. The molecule has 0 saturated carbocycles. The number of carbonyl (C=O) groups is 1. The van der Waals surface area contributed by atoms with Crippen molar-refractivity contribution in [2.45, 2.75) is 19.8 Å².